The van der Waals surface area contributed by atoms with E-state index in [-0.39, 0.29) is 18.4 Å². The summed E-state index contributed by atoms with van der Waals surface area (Å²) in [7, 11) is 0. The van der Waals surface area contributed by atoms with Crippen molar-refractivity contribution in [3.8, 4) is 0 Å². The van der Waals surface area contributed by atoms with Crippen LogP contribution in [0.15, 0.2) is 36.7 Å². The van der Waals surface area contributed by atoms with Crippen LogP contribution in [0.25, 0.3) is 6.08 Å². The summed E-state index contributed by atoms with van der Waals surface area (Å²) < 4.78 is 2.41. The summed E-state index contributed by atoms with van der Waals surface area (Å²) >= 11 is 0. The highest BCUT2D eigenvalue weighted by molar-refractivity contribution is 5.97. The minimum absolute atomic E-state index is 0.0842. The highest BCUT2D eigenvalue weighted by atomic mass is 16.2. The first-order chi connectivity index (χ1) is 13.5. The summed E-state index contributed by atoms with van der Waals surface area (Å²) in [6, 6.07) is 6.18. The molecule has 3 rings (SSSR count). The van der Waals surface area contributed by atoms with Crippen LogP contribution in [0.2, 0.25) is 0 Å². The van der Waals surface area contributed by atoms with Gasteiger partial charge >= 0.3 is 0 Å². The molecule has 1 aliphatic rings. The molecule has 1 fully saturated rings. The second kappa shape index (κ2) is 9.35. The number of carbonyl (C=O) groups is 2. The number of rotatable bonds is 6. The summed E-state index contributed by atoms with van der Waals surface area (Å²) in [5, 5.41) is 5.30. The molecule has 1 saturated carbocycles. The molecule has 6 heteroatoms. The van der Waals surface area contributed by atoms with Crippen molar-refractivity contribution in [2.75, 3.05) is 11.9 Å². The molecular weight excluding hydrogens is 352 g/mol. The summed E-state index contributed by atoms with van der Waals surface area (Å²) in [5.41, 5.74) is 4.09. The van der Waals surface area contributed by atoms with Gasteiger partial charge in [0.15, 0.2) is 0 Å². The van der Waals surface area contributed by atoms with Gasteiger partial charge < -0.3 is 15.2 Å². The largest absolute Gasteiger partial charge is 0.346 e. The Balaban J connectivity index is 1.54. The quantitative estimate of drug-likeness (QED) is 0.749. The standard InChI is InChI=1S/C22H28N4O2/c1-16-13-18(17(2)26(16)20-8-4-3-5-9-20)10-11-21(27)24-15-22(28)25-19-7-6-12-23-14-19/h6-7,10-14,20H,3-5,8-9,15H2,1-2H3,(H,24,27)(H,25,28)/b11-10+. The number of aromatic nitrogens is 2. The molecule has 1 aliphatic carbocycles. The van der Waals surface area contributed by atoms with Gasteiger partial charge in [-0.1, -0.05) is 19.3 Å². The molecule has 6 nitrogen and oxygen atoms in total. The molecule has 28 heavy (non-hydrogen) atoms. The van der Waals surface area contributed by atoms with Crippen LogP contribution in [-0.4, -0.2) is 27.9 Å². The molecule has 2 aromatic heterocycles. The van der Waals surface area contributed by atoms with E-state index in [9.17, 15) is 9.59 Å². The number of anilines is 1. The molecule has 0 spiro atoms. The first-order valence-electron chi connectivity index (χ1n) is 9.89. The SMILES string of the molecule is Cc1cc(/C=C/C(=O)NCC(=O)Nc2cccnc2)c(C)n1C1CCCCC1. The molecule has 2 amide bonds. The lowest BCUT2D eigenvalue weighted by molar-refractivity contribution is -0.121. The Labute approximate surface area is 166 Å². The number of aryl methyl sites for hydroxylation is 1. The average Bonchev–Trinajstić information content (AvgIpc) is 2.99. The van der Waals surface area contributed by atoms with Crippen molar-refractivity contribution >= 4 is 23.6 Å². The third-order valence-electron chi connectivity index (χ3n) is 5.25. The van der Waals surface area contributed by atoms with Crippen LogP contribution >= 0.6 is 0 Å². The second-order valence-electron chi connectivity index (χ2n) is 7.33. The van der Waals surface area contributed by atoms with Gasteiger partial charge in [0.2, 0.25) is 11.8 Å². The van der Waals surface area contributed by atoms with E-state index in [1.807, 2.05) is 6.08 Å². The fraction of sp³-hybridized carbons (Fsp3) is 0.409. The minimum atomic E-state index is -0.288. The Kier molecular flexibility index (Phi) is 6.63. The summed E-state index contributed by atoms with van der Waals surface area (Å²) in [6.07, 6.45) is 12.9. The summed E-state index contributed by atoms with van der Waals surface area (Å²) in [5.74, 6) is -0.575. The second-order valence-corrected chi connectivity index (χ2v) is 7.33. The molecule has 2 aromatic rings. The Morgan fingerprint density at radius 3 is 2.75 bits per heavy atom. The maximum Gasteiger partial charge on any atom is 0.244 e. The maximum atomic E-state index is 12.1. The molecule has 0 aromatic carbocycles. The fourth-order valence-electron chi connectivity index (χ4n) is 3.91. The lowest BCUT2D eigenvalue weighted by Crippen LogP contribution is -2.31. The summed E-state index contributed by atoms with van der Waals surface area (Å²) in [6.45, 7) is 4.15. The smallest absolute Gasteiger partial charge is 0.244 e. The Morgan fingerprint density at radius 1 is 1.25 bits per heavy atom. The van der Waals surface area contributed by atoms with Crippen molar-refractivity contribution in [1.82, 2.24) is 14.9 Å². The number of nitrogens with one attached hydrogen (secondary N) is 2. The van der Waals surface area contributed by atoms with Gasteiger partial charge in [-0.05, 0) is 56.5 Å². The molecule has 0 unspecified atom stereocenters. The van der Waals surface area contributed by atoms with Crippen molar-refractivity contribution in [2.45, 2.75) is 52.0 Å². The van der Waals surface area contributed by atoms with Gasteiger partial charge in [-0.2, -0.15) is 0 Å². The highest BCUT2D eigenvalue weighted by Crippen LogP contribution is 2.32. The molecule has 0 aliphatic heterocycles. The van der Waals surface area contributed by atoms with Crippen molar-refractivity contribution in [2.24, 2.45) is 0 Å². The van der Waals surface area contributed by atoms with Crippen LogP contribution in [0.4, 0.5) is 5.69 Å². The van der Waals surface area contributed by atoms with E-state index in [0.717, 1.165) is 5.56 Å². The van der Waals surface area contributed by atoms with Crippen molar-refractivity contribution in [3.63, 3.8) is 0 Å². The van der Waals surface area contributed by atoms with E-state index in [0.29, 0.717) is 11.7 Å². The Bertz CT molecular complexity index is 849. The number of carbonyl (C=O) groups excluding carboxylic acids is 2. The predicted molar refractivity (Wildman–Crippen MR) is 111 cm³/mol. The Hall–Kier alpha value is -2.89. The number of hydrogen-bond acceptors (Lipinski definition) is 3. The minimum Gasteiger partial charge on any atom is -0.346 e. The van der Waals surface area contributed by atoms with E-state index in [1.165, 1.54) is 49.6 Å². The number of amides is 2. The van der Waals surface area contributed by atoms with Crippen LogP contribution in [-0.2, 0) is 9.59 Å². The molecular formula is C22H28N4O2. The monoisotopic (exact) mass is 380 g/mol. The Morgan fingerprint density at radius 2 is 2.04 bits per heavy atom. The van der Waals surface area contributed by atoms with Gasteiger partial charge in [0.05, 0.1) is 18.4 Å². The molecule has 148 valence electrons. The van der Waals surface area contributed by atoms with Gasteiger partial charge in [0, 0.05) is 29.7 Å². The zero-order valence-electron chi connectivity index (χ0n) is 16.6. The third-order valence-corrected chi connectivity index (χ3v) is 5.25. The van der Waals surface area contributed by atoms with Crippen molar-refractivity contribution in [1.29, 1.82) is 0 Å². The van der Waals surface area contributed by atoms with Gasteiger partial charge in [0.1, 0.15) is 0 Å². The first-order valence-corrected chi connectivity index (χ1v) is 9.89. The topological polar surface area (TPSA) is 76.0 Å². The van der Waals surface area contributed by atoms with Gasteiger partial charge in [-0.3, -0.25) is 14.6 Å². The highest BCUT2D eigenvalue weighted by Gasteiger charge is 2.19. The molecule has 2 N–H and O–H groups in total. The average molecular weight is 380 g/mol. The zero-order valence-corrected chi connectivity index (χ0v) is 16.6. The molecule has 0 radical (unpaired) electrons. The van der Waals surface area contributed by atoms with Crippen molar-refractivity contribution < 1.29 is 9.59 Å². The number of pyridine rings is 1. The number of hydrogen-bond donors (Lipinski definition) is 2. The molecule has 2 heterocycles. The van der Waals surface area contributed by atoms with Gasteiger partial charge in [-0.25, -0.2) is 0 Å². The molecule has 0 saturated heterocycles. The lowest BCUT2D eigenvalue weighted by atomic mass is 9.95. The lowest BCUT2D eigenvalue weighted by Gasteiger charge is -2.26. The van der Waals surface area contributed by atoms with Crippen molar-refractivity contribution in [3.05, 3.63) is 53.6 Å². The maximum absolute atomic E-state index is 12.1. The fourth-order valence-corrected chi connectivity index (χ4v) is 3.91. The molecule has 0 bridgehead atoms. The van der Waals surface area contributed by atoms with E-state index in [2.05, 4.69) is 40.1 Å². The summed E-state index contributed by atoms with van der Waals surface area (Å²) in [4.78, 5) is 27.9. The normalized spacial score (nSPS) is 14.9. The molecule has 0 atom stereocenters. The van der Waals surface area contributed by atoms with Crippen LogP contribution in [0.1, 0.15) is 55.1 Å². The number of nitrogens with zero attached hydrogens (tertiary/aromatic N) is 2. The third kappa shape index (κ3) is 5.09. The predicted octanol–water partition coefficient (Wildman–Crippen LogP) is 3.77. The van der Waals surface area contributed by atoms with Crippen LogP contribution in [0, 0.1) is 13.8 Å². The van der Waals surface area contributed by atoms with Gasteiger partial charge in [0.25, 0.3) is 0 Å². The van der Waals surface area contributed by atoms with E-state index >= 15 is 0 Å². The van der Waals surface area contributed by atoms with Gasteiger partial charge in [-0.15, -0.1) is 0 Å². The van der Waals surface area contributed by atoms with E-state index in [4.69, 9.17) is 0 Å². The van der Waals surface area contributed by atoms with E-state index < -0.39 is 0 Å². The van der Waals surface area contributed by atoms with Crippen LogP contribution < -0.4 is 10.6 Å². The first kappa shape index (κ1) is 19.9. The van der Waals surface area contributed by atoms with Crippen LogP contribution in [0.5, 0.6) is 0 Å². The zero-order chi connectivity index (χ0) is 19.9. The van der Waals surface area contributed by atoms with Crippen LogP contribution in [0.3, 0.4) is 0 Å². The van der Waals surface area contributed by atoms with E-state index in [1.54, 1.807) is 24.5 Å².